The van der Waals surface area contributed by atoms with Crippen LogP contribution in [-0.4, -0.2) is 14.2 Å². The lowest BCUT2D eigenvalue weighted by molar-refractivity contribution is 0.345. The number of rotatable bonds is 4. The Balaban J connectivity index is 2.31. The number of benzene rings is 2. The lowest BCUT2D eigenvalue weighted by atomic mass is 9.82. The van der Waals surface area contributed by atoms with Gasteiger partial charge in [0.2, 0.25) is 5.88 Å². The van der Waals surface area contributed by atoms with Crippen LogP contribution in [0.25, 0.3) is 5.76 Å². The molecule has 3 rings (SSSR count). The molecule has 1 unspecified atom stereocenters. The fourth-order valence-corrected chi connectivity index (χ4v) is 3.13. The van der Waals surface area contributed by atoms with Gasteiger partial charge in [-0.2, -0.15) is 10.5 Å². The Morgan fingerprint density at radius 1 is 0.926 bits per heavy atom. The van der Waals surface area contributed by atoms with Gasteiger partial charge in [0, 0.05) is 11.1 Å². The summed E-state index contributed by atoms with van der Waals surface area (Å²) < 4.78 is 16.6. The van der Waals surface area contributed by atoms with Crippen molar-refractivity contribution in [2.24, 2.45) is 5.73 Å². The topological polar surface area (TPSA) is 101 Å². The van der Waals surface area contributed by atoms with E-state index in [9.17, 15) is 10.5 Å². The molecule has 1 aliphatic rings. The van der Waals surface area contributed by atoms with Gasteiger partial charge in [0.1, 0.15) is 11.6 Å². The summed E-state index contributed by atoms with van der Waals surface area (Å²) in [6, 6.07) is 18.7. The average molecular weight is 359 g/mol. The van der Waals surface area contributed by atoms with Crippen LogP contribution in [0, 0.1) is 22.7 Å². The van der Waals surface area contributed by atoms with Crippen molar-refractivity contribution < 1.29 is 14.2 Å². The molecule has 2 aromatic rings. The summed E-state index contributed by atoms with van der Waals surface area (Å²) in [4.78, 5) is 0. The van der Waals surface area contributed by atoms with Gasteiger partial charge in [-0.15, -0.1) is 0 Å². The number of ether oxygens (including phenoxy) is 3. The van der Waals surface area contributed by atoms with Crippen LogP contribution < -0.4 is 15.2 Å². The lowest BCUT2D eigenvalue weighted by Crippen LogP contribution is -2.20. The summed E-state index contributed by atoms with van der Waals surface area (Å²) in [6.45, 7) is 0. The Morgan fingerprint density at radius 3 is 2.22 bits per heavy atom. The Labute approximate surface area is 157 Å². The van der Waals surface area contributed by atoms with Crippen LogP contribution in [0.4, 0.5) is 0 Å². The maximum absolute atomic E-state index is 9.91. The lowest BCUT2D eigenvalue weighted by Gasteiger charge is -2.27. The number of allylic oxidation sites excluding steroid dienone is 2. The first kappa shape index (κ1) is 17.9. The van der Waals surface area contributed by atoms with E-state index < -0.39 is 5.92 Å². The summed E-state index contributed by atoms with van der Waals surface area (Å²) in [5.74, 6) is 0.493. The molecule has 0 bridgehead atoms. The number of methoxy groups -OCH3 is 2. The third-order valence-corrected chi connectivity index (χ3v) is 4.32. The first-order valence-electron chi connectivity index (χ1n) is 8.14. The van der Waals surface area contributed by atoms with Gasteiger partial charge in [-0.05, 0) is 6.07 Å². The number of hydrogen-bond donors (Lipinski definition) is 1. The first-order chi connectivity index (χ1) is 13.2. The Morgan fingerprint density at radius 2 is 1.63 bits per heavy atom. The standard InChI is InChI=1S/C21H17N3O3/c1-25-17-10-6-9-14(20(17)26-2)18-15(11-22)19(13-7-4-3-5-8-13)27-21(24)16(18)12-23/h3-10,18H,24H2,1-2H3. The largest absolute Gasteiger partial charge is 0.493 e. The van der Waals surface area contributed by atoms with Gasteiger partial charge < -0.3 is 19.9 Å². The van der Waals surface area contributed by atoms with Gasteiger partial charge in [-0.1, -0.05) is 42.5 Å². The van der Waals surface area contributed by atoms with E-state index in [0.29, 0.717) is 28.4 Å². The van der Waals surface area contributed by atoms with Crippen LogP contribution in [0.5, 0.6) is 11.5 Å². The van der Waals surface area contributed by atoms with E-state index in [1.54, 1.807) is 18.2 Å². The third-order valence-electron chi connectivity index (χ3n) is 4.32. The zero-order valence-corrected chi connectivity index (χ0v) is 14.9. The fraction of sp³-hybridized carbons (Fsp3) is 0.143. The monoisotopic (exact) mass is 359 g/mol. The molecule has 6 nitrogen and oxygen atoms in total. The van der Waals surface area contributed by atoms with Crippen molar-refractivity contribution in [3.05, 3.63) is 76.7 Å². The van der Waals surface area contributed by atoms with Crippen LogP contribution >= 0.6 is 0 Å². The minimum atomic E-state index is -0.728. The average Bonchev–Trinajstić information content (AvgIpc) is 2.72. The van der Waals surface area contributed by atoms with E-state index in [0.717, 1.165) is 0 Å². The molecule has 0 aromatic heterocycles. The molecule has 0 radical (unpaired) electrons. The fourth-order valence-electron chi connectivity index (χ4n) is 3.13. The van der Waals surface area contributed by atoms with Crippen LogP contribution in [0.2, 0.25) is 0 Å². The normalized spacial score (nSPS) is 16.2. The van der Waals surface area contributed by atoms with Crippen LogP contribution in [0.1, 0.15) is 17.0 Å². The molecule has 0 spiro atoms. The highest BCUT2D eigenvalue weighted by atomic mass is 16.5. The van der Waals surface area contributed by atoms with Crippen molar-refractivity contribution >= 4 is 5.76 Å². The second kappa shape index (κ2) is 7.55. The molecular formula is C21H17N3O3. The van der Waals surface area contributed by atoms with Crippen LogP contribution in [-0.2, 0) is 4.74 Å². The zero-order valence-electron chi connectivity index (χ0n) is 14.9. The quantitative estimate of drug-likeness (QED) is 0.897. The molecular weight excluding hydrogens is 342 g/mol. The highest BCUT2D eigenvalue weighted by molar-refractivity contribution is 5.74. The summed E-state index contributed by atoms with van der Waals surface area (Å²) in [7, 11) is 3.03. The highest BCUT2D eigenvalue weighted by Crippen LogP contribution is 2.46. The minimum absolute atomic E-state index is 0.0368. The number of nitrogens with two attached hydrogens (primary N) is 1. The van der Waals surface area contributed by atoms with Crippen molar-refractivity contribution in [2.45, 2.75) is 5.92 Å². The van der Waals surface area contributed by atoms with E-state index in [4.69, 9.17) is 19.9 Å². The van der Waals surface area contributed by atoms with Gasteiger partial charge >= 0.3 is 0 Å². The number of nitrogens with zero attached hydrogens (tertiary/aromatic N) is 2. The number of hydrogen-bond acceptors (Lipinski definition) is 6. The van der Waals surface area contributed by atoms with E-state index in [1.807, 2.05) is 30.3 Å². The van der Waals surface area contributed by atoms with Crippen molar-refractivity contribution in [3.63, 3.8) is 0 Å². The molecule has 2 N–H and O–H groups in total. The molecule has 0 fully saturated rings. The van der Waals surface area contributed by atoms with Gasteiger partial charge in [0.15, 0.2) is 17.3 Å². The molecule has 6 heteroatoms. The third kappa shape index (κ3) is 3.05. The number of nitriles is 2. The maximum atomic E-state index is 9.91. The van der Waals surface area contributed by atoms with E-state index in [-0.39, 0.29) is 17.0 Å². The van der Waals surface area contributed by atoms with Gasteiger partial charge in [0.25, 0.3) is 0 Å². The smallest absolute Gasteiger partial charge is 0.205 e. The van der Waals surface area contributed by atoms with E-state index in [1.165, 1.54) is 14.2 Å². The second-order valence-electron chi connectivity index (χ2n) is 5.73. The Kier molecular flexibility index (Phi) is 5.01. The van der Waals surface area contributed by atoms with E-state index >= 15 is 0 Å². The molecule has 0 saturated heterocycles. The van der Waals surface area contributed by atoms with Crippen molar-refractivity contribution in [2.75, 3.05) is 14.2 Å². The molecule has 134 valence electrons. The second-order valence-corrected chi connectivity index (χ2v) is 5.73. The maximum Gasteiger partial charge on any atom is 0.205 e. The molecule has 0 saturated carbocycles. The van der Waals surface area contributed by atoms with Gasteiger partial charge in [0.05, 0.1) is 31.8 Å². The Hall–Kier alpha value is -3.90. The first-order valence-corrected chi connectivity index (χ1v) is 8.14. The van der Waals surface area contributed by atoms with Crippen molar-refractivity contribution in [3.8, 4) is 23.6 Å². The molecule has 27 heavy (non-hydrogen) atoms. The molecule has 2 aromatic carbocycles. The van der Waals surface area contributed by atoms with E-state index in [2.05, 4.69) is 12.1 Å². The molecule has 1 atom stereocenters. The summed E-state index contributed by atoms with van der Waals surface area (Å²) >= 11 is 0. The Bertz CT molecular complexity index is 1010. The van der Waals surface area contributed by atoms with Crippen molar-refractivity contribution in [1.82, 2.24) is 0 Å². The van der Waals surface area contributed by atoms with Crippen molar-refractivity contribution in [1.29, 1.82) is 10.5 Å². The molecule has 0 aliphatic carbocycles. The SMILES string of the molecule is COc1cccc(C2C(C#N)=C(N)OC(c3ccccc3)=C2C#N)c1OC. The van der Waals surface area contributed by atoms with Crippen LogP contribution in [0.3, 0.4) is 0 Å². The minimum Gasteiger partial charge on any atom is -0.493 e. The van der Waals surface area contributed by atoms with Gasteiger partial charge in [-0.3, -0.25) is 0 Å². The summed E-state index contributed by atoms with van der Waals surface area (Å²) in [5.41, 5.74) is 7.77. The number of para-hydroxylation sites is 1. The molecule has 1 aliphatic heterocycles. The zero-order chi connectivity index (χ0) is 19.4. The molecule has 0 amide bonds. The predicted molar refractivity (Wildman–Crippen MR) is 99.2 cm³/mol. The predicted octanol–water partition coefficient (Wildman–Crippen LogP) is 3.45. The summed E-state index contributed by atoms with van der Waals surface area (Å²) in [5, 5.41) is 19.6. The highest BCUT2D eigenvalue weighted by Gasteiger charge is 2.36. The molecule has 1 heterocycles. The van der Waals surface area contributed by atoms with Crippen LogP contribution in [0.15, 0.2) is 65.6 Å². The van der Waals surface area contributed by atoms with Gasteiger partial charge in [-0.25, -0.2) is 0 Å². The summed E-state index contributed by atoms with van der Waals surface area (Å²) in [6.07, 6.45) is 0.